The van der Waals surface area contributed by atoms with E-state index in [1.165, 1.54) is 0 Å². The van der Waals surface area contributed by atoms with Crippen LogP contribution in [-0.2, 0) is 20.7 Å². The summed E-state index contributed by atoms with van der Waals surface area (Å²) in [6.45, 7) is 0.712. The zero-order valence-corrected chi connectivity index (χ0v) is 9.89. The molecule has 96 valence electrons. The number of nitrogens with two attached hydrogens (primary N) is 1. The van der Waals surface area contributed by atoms with Crippen molar-refractivity contribution in [3.63, 3.8) is 0 Å². The Morgan fingerprint density at radius 2 is 2.17 bits per heavy atom. The van der Waals surface area contributed by atoms with Crippen molar-refractivity contribution in [2.24, 2.45) is 5.73 Å². The Kier molecular flexibility index (Phi) is 3.69. The molecule has 0 bridgehead atoms. The number of amides is 2. The maximum absolute atomic E-state index is 11.6. The van der Waals surface area contributed by atoms with Gasteiger partial charge < -0.3 is 10.5 Å². The lowest BCUT2D eigenvalue weighted by Crippen LogP contribution is -2.59. The molecule has 0 radical (unpaired) electrons. The summed E-state index contributed by atoms with van der Waals surface area (Å²) >= 11 is 0. The third kappa shape index (κ3) is 3.35. The number of rotatable bonds is 4. The van der Waals surface area contributed by atoms with Crippen LogP contribution in [0.15, 0.2) is 24.4 Å². The lowest BCUT2D eigenvalue weighted by atomic mass is 9.94. The molecule has 6 nitrogen and oxygen atoms in total. The third-order valence-corrected chi connectivity index (χ3v) is 2.64. The molecule has 3 N–H and O–H groups in total. The summed E-state index contributed by atoms with van der Waals surface area (Å²) in [6.07, 6.45) is 1.78. The summed E-state index contributed by atoms with van der Waals surface area (Å²) in [4.78, 5) is 27.1. The molecule has 1 aliphatic heterocycles. The fraction of sp³-hybridized carbons (Fsp3) is 0.417. The molecular formula is C12H15N3O3. The van der Waals surface area contributed by atoms with E-state index >= 15 is 0 Å². The van der Waals surface area contributed by atoms with E-state index in [2.05, 4.69) is 10.3 Å². The van der Waals surface area contributed by atoms with Crippen LogP contribution in [0.3, 0.4) is 0 Å². The van der Waals surface area contributed by atoms with E-state index in [1.807, 2.05) is 0 Å². The molecule has 0 saturated carbocycles. The molecule has 1 aliphatic rings. The molecule has 1 saturated heterocycles. The number of hydrogen-bond acceptors (Lipinski definition) is 5. The Morgan fingerprint density at radius 3 is 2.72 bits per heavy atom. The Balaban J connectivity index is 1.79. The number of imide groups is 1. The molecule has 0 spiro atoms. The Morgan fingerprint density at radius 1 is 1.39 bits per heavy atom. The van der Waals surface area contributed by atoms with Gasteiger partial charge in [0.05, 0.1) is 25.2 Å². The van der Waals surface area contributed by atoms with Crippen molar-refractivity contribution in [2.45, 2.75) is 18.4 Å². The SMILES string of the molecule is NC1(CC(=O)NC(=O)Cc2ccccn2)COC1. The minimum absolute atomic E-state index is 0.0840. The van der Waals surface area contributed by atoms with E-state index in [4.69, 9.17) is 10.5 Å². The highest BCUT2D eigenvalue weighted by atomic mass is 16.5. The molecule has 6 heteroatoms. The van der Waals surface area contributed by atoms with Gasteiger partial charge in [-0.1, -0.05) is 6.07 Å². The highest BCUT2D eigenvalue weighted by Crippen LogP contribution is 2.17. The predicted molar refractivity (Wildman–Crippen MR) is 63.4 cm³/mol. The first-order valence-corrected chi connectivity index (χ1v) is 5.67. The van der Waals surface area contributed by atoms with Crippen LogP contribution in [0.4, 0.5) is 0 Å². The topological polar surface area (TPSA) is 94.3 Å². The van der Waals surface area contributed by atoms with Gasteiger partial charge in [0.15, 0.2) is 0 Å². The van der Waals surface area contributed by atoms with Gasteiger partial charge in [-0.05, 0) is 12.1 Å². The number of nitrogens with one attached hydrogen (secondary N) is 1. The molecule has 1 aromatic heterocycles. The molecule has 1 fully saturated rings. The third-order valence-electron chi connectivity index (χ3n) is 2.64. The Labute approximate surface area is 105 Å². The second-order valence-electron chi connectivity index (χ2n) is 4.50. The fourth-order valence-corrected chi connectivity index (χ4v) is 1.70. The number of hydrogen-bond donors (Lipinski definition) is 2. The van der Waals surface area contributed by atoms with Crippen LogP contribution in [0.25, 0.3) is 0 Å². The van der Waals surface area contributed by atoms with Crippen molar-refractivity contribution in [1.82, 2.24) is 10.3 Å². The first-order valence-electron chi connectivity index (χ1n) is 5.67. The van der Waals surface area contributed by atoms with E-state index < -0.39 is 5.54 Å². The summed E-state index contributed by atoms with van der Waals surface area (Å²) in [5, 5.41) is 2.30. The molecule has 1 aromatic rings. The smallest absolute Gasteiger partial charge is 0.232 e. The number of ether oxygens (including phenoxy) is 1. The molecule has 18 heavy (non-hydrogen) atoms. The molecular weight excluding hydrogens is 234 g/mol. The van der Waals surface area contributed by atoms with Gasteiger partial charge in [-0.2, -0.15) is 0 Å². The van der Waals surface area contributed by atoms with E-state index in [0.29, 0.717) is 18.9 Å². The minimum atomic E-state index is -0.616. The van der Waals surface area contributed by atoms with Gasteiger partial charge in [0.1, 0.15) is 0 Å². The normalized spacial score (nSPS) is 16.7. The molecule has 2 heterocycles. The summed E-state index contributed by atoms with van der Waals surface area (Å²) < 4.78 is 4.94. The van der Waals surface area contributed by atoms with Gasteiger partial charge in [0, 0.05) is 18.3 Å². The van der Waals surface area contributed by atoms with Crippen molar-refractivity contribution in [2.75, 3.05) is 13.2 Å². The van der Waals surface area contributed by atoms with Crippen molar-refractivity contribution in [1.29, 1.82) is 0 Å². The van der Waals surface area contributed by atoms with Crippen LogP contribution in [0.1, 0.15) is 12.1 Å². The van der Waals surface area contributed by atoms with Crippen LogP contribution >= 0.6 is 0 Å². The van der Waals surface area contributed by atoms with Gasteiger partial charge >= 0.3 is 0 Å². The number of carbonyl (C=O) groups is 2. The summed E-state index contributed by atoms with van der Waals surface area (Å²) in [5.74, 6) is -0.746. The van der Waals surface area contributed by atoms with E-state index in [9.17, 15) is 9.59 Å². The van der Waals surface area contributed by atoms with Crippen LogP contribution in [-0.4, -0.2) is 35.6 Å². The van der Waals surface area contributed by atoms with Crippen molar-refractivity contribution in [3.05, 3.63) is 30.1 Å². The summed E-state index contributed by atoms with van der Waals surface area (Å²) in [6, 6.07) is 5.29. The molecule has 0 unspecified atom stereocenters. The molecule has 2 rings (SSSR count). The monoisotopic (exact) mass is 249 g/mol. The highest BCUT2D eigenvalue weighted by Gasteiger charge is 2.36. The first kappa shape index (κ1) is 12.7. The molecule has 2 amide bonds. The second-order valence-corrected chi connectivity index (χ2v) is 4.50. The summed E-state index contributed by atoms with van der Waals surface area (Å²) in [7, 11) is 0. The Bertz CT molecular complexity index is 443. The largest absolute Gasteiger partial charge is 0.377 e. The first-order chi connectivity index (χ1) is 8.57. The number of carbonyl (C=O) groups excluding carboxylic acids is 2. The maximum atomic E-state index is 11.6. The predicted octanol–water partition coefficient (Wildman–Crippen LogP) is -0.615. The number of pyridine rings is 1. The number of aromatic nitrogens is 1. The zero-order chi connectivity index (χ0) is 13.0. The lowest BCUT2D eigenvalue weighted by molar-refractivity contribution is -0.134. The fourth-order valence-electron chi connectivity index (χ4n) is 1.70. The van der Waals surface area contributed by atoms with E-state index in [1.54, 1.807) is 24.4 Å². The number of nitrogens with zero attached hydrogens (tertiary/aromatic N) is 1. The second kappa shape index (κ2) is 5.24. The average Bonchev–Trinajstić information content (AvgIpc) is 2.27. The zero-order valence-electron chi connectivity index (χ0n) is 9.89. The van der Waals surface area contributed by atoms with Crippen LogP contribution in [0.2, 0.25) is 0 Å². The maximum Gasteiger partial charge on any atom is 0.232 e. The van der Waals surface area contributed by atoms with E-state index in [-0.39, 0.29) is 24.7 Å². The van der Waals surface area contributed by atoms with Crippen LogP contribution in [0.5, 0.6) is 0 Å². The Hall–Kier alpha value is -1.79. The quantitative estimate of drug-likeness (QED) is 0.742. The standard InChI is InChI=1S/C12H15N3O3/c13-12(7-18-8-12)6-11(17)15-10(16)5-9-3-1-2-4-14-9/h1-4H,5-8,13H2,(H,15,16,17). The van der Waals surface area contributed by atoms with Gasteiger partial charge in [-0.15, -0.1) is 0 Å². The molecule has 0 aliphatic carbocycles. The summed E-state index contributed by atoms with van der Waals surface area (Å²) in [5.41, 5.74) is 5.83. The molecule has 0 atom stereocenters. The van der Waals surface area contributed by atoms with Gasteiger partial charge in [-0.25, -0.2) is 0 Å². The van der Waals surface area contributed by atoms with E-state index in [0.717, 1.165) is 0 Å². The van der Waals surface area contributed by atoms with Crippen molar-refractivity contribution < 1.29 is 14.3 Å². The lowest BCUT2D eigenvalue weighted by Gasteiger charge is -2.36. The van der Waals surface area contributed by atoms with Crippen LogP contribution in [0, 0.1) is 0 Å². The highest BCUT2D eigenvalue weighted by molar-refractivity contribution is 5.96. The molecule has 0 aromatic carbocycles. The van der Waals surface area contributed by atoms with Gasteiger partial charge in [0.25, 0.3) is 0 Å². The van der Waals surface area contributed by atoms with Crippen molar-refractivity contribution in [3.8, 4) is 0 Å². The van der Waals surface area contributed by atoms with Crippen LogP contribution < -0.4 is 11.1 Å². The minimum Gasteiger partial charge on any atom is -0.377 e. The average molecular weight is 249 g/mol. The van der Waals surface area contributed by atoms with Gasteiger partial charge in [0.2, 0.25) is 11.8 Å². The van der Waals surface area contributed by atoms with Gasteiger partial charge in [-0.3, -0.25) is 19.9 Å². The van der Waals surface area contributed by atoms with Crippen molar-refractivity contribution >= 4 is 11.8 Å².